The van der Waals surface area contributed by atoms with E-state index in [0.29, 0.717) is 5.69 Å². The molecule has 43 heavy (non-hydrogen) atoms. The van der Waals surface area contributed by atoms with Crippen LogP contribution in [0, 0.1) is 11.3 Å². The average molecular weight is 545 g/mol. The minimum Gasteiger partial charge on any atom is -0.246 e. The van der Waals surface area contributed by atoms with E-state index in [1.165, 1.54) is 66.4 Å². The van der Waals surface area contributed by atoms with Crippen LogP contribution in [0.1, 0.15) is 27.9 Å². The predicted octanol–water partition coefficient (Wildman–Crippen LogP) is 9.78. The van der Waals surface area contributed by atoms with Crippen molar-refractivity contribution in [2.75, 3.05) is 0 Å². The molecule has 0 amide bonds. The fourth-order valence-electron chi connectivity index (χ4n) is 7.70. The summed E-state index contributed by atoms with van der Waals surface area (Å²) in [5, 5.41) is 12.1. The van der Waals surface area contributed by atoms with E-state index in [1.807, 2.05) is 12.1 Å². The molecule has 9 rings (SSSR count). The highest BCUT2D eigenvalue weighted by Crippen LogP contribution is 2.64. The lowest BCUT2D eigenvalue weighted by molar-refractivity contribution is 0.795. The molecule has 1 heterocycles. The van der Waals surface area contributed by atoms with Gasteiger partial charge in [0.15, 0.2) is 0 Å². The Labute approximate surface area is 250 Å². The van der Waals surface area contributed by atoms with Crippen LogP contribution in [0.2, 0.25) is 0 Å². The van der Waals surface area contributed by atoms with Gasteiger partial charge in [0, 0.05) is 6.20 Å². The number of rotatable bonds is 2. The maximum absolute atomic E-state index is 9.69. The zero-order chi connectivity index (χ0) is 28.5. The Morgan fingerprint density at radius 2 is 1.14 bits per heavy atom. The molecule has 2 nitrogen and oxygen atoms in total. The van der Waals surface area contributed by atoms with Crippen LogP contribution >= 0.6 is 0 Å². The average Bonchev–Trinajstić information content (AvgIpc) is 3.55. The van der Waals surface area contributed by atoms with E-state index in [-0.39, 0.29) is 0 Å². The summed E-state index contributed by atoms with van der Waals surface area (Å²) in [6, 6.07) is 52.8. The summed E-state index contributed by atoms with van der Waals surface area (Å²) in [4.78, 5) is 4.28. The first-order valence-corrected chi connectivity index (χ1v) is 14.6. The molecule has 0 fully saturated rings. The number of nitriles is 1. The zero-order valence-electron chi connectivity index (χ0n) is 23.3. The molecule has 0 unspecified atom stereocenters. The molecule has 0 radical (unpaired) electrons. The van der Waals surface area contributed by atoms with Crippen LogP contribution in [0.4, 0.5) is 0 Å². The number of hydrogen-bond donors (Lipinski definition) is 0. The van der Waals surface area contributed by atoms with E-state index in [1.54, 1.807) is 6.20 Å². The van der Waals surface area contributed by atoms with Crippen LogP contribution in [-0.4, -0.2) is 4.98 Å². The number of nitrogens with zero attached hydrogens (tertiary/aromatic N) is 2. The van der Waals surface area contributed by atoms with E-state index in [2.05, 4.69) is 138 Å². The standard InChI is InChI=1S/C41H24N2/c42-25-29-22-28(20-21-43-29)35-24-39-40(33-15-5-4-12-30(33)35)34-19-18-27(26-10-2-1-3-11-26)23-38(34)41(39)36-16-8-6-13-31(36)32-14-7-9-17-37(32)41/h1-24H. The van der Waals surface area contributed by atoms with Gasteiger partial charge in [-0.15, -0.1) is 0 Å². The summed E-state index contributed by atoms with van der Waals surface area (Å²) in [5.74, 6) is 0. The second-order valence-electron chi connectivity index (χ2n) is 11.4. The summed E-state index contributed by atoms with van der Waals surface area (Å²) in [6.07, 6.45) is 1.74. The first-order valence-electron chi connectivity index (χ1n) is 14.6. The van der Waals surface area contributed by atoms with Crippen molar-refractivity contribution in [2.24, 2.45) is 0 Å². The Morgan fingerprint density at radius 3 is 1.88 bits per heavy atom. The molecule has 1 aromatic heterocycles. The van der Waals surface area contributed by atoms with Crippen molar-refractivity contribution >= 4 is 10.8 Å². The lowest BCUT2D eigenvalue weighted by Crippen LogP contribution is -2.26. The summed E-state index contributed by atoms with van der Waals surface area (Å²) < 4.78 is 0. The Morgan fingerprint density at radius 1 is 0.465 bits per heavy atom. The minimum absolute atomic E-state index is 0.420. The van der Waals surface area contributed by atoms with Gasteiger partial charge in [0.2, 0.25) is 0 Å². The number of aromatic nitrogens is 1. The van der Waals surface area contributed by atoms with Crippen LogP contribution in [0.5, 0.6) is 0 Å². The molecule has 0 aliphatic heterocycles. The number of fused-ring (bicyclic) bond motifs is 12. The van der Waals surface area contributed by atoms with Crippen LogP contribution < -0.4 is 0 Å². The van der Waals surface area contributed by atoms with E-state index in [9.17, 15) is 5.26 Å². The molecular weight excluding hydrogens is 520 g/mol. The quantitative estimate of drug-likeness (QED) is 0.217. The molecule has 6 aromatic carbocycles. The van der Waals surface area contributed by atoms with Gasteiger partial charge in [-0.3, -0.25) is 0 Å². The highest BCUT2D eigenvalue weighted by Gasteiger charge is 2.52. The third-order valence-corrected chi connectivity index (χ3v) is 9.39. The summed E-state index contributed by atoms with van der Waals surface area (Å²) in [6.45, 7) is 0. The lowest BCUT2D eigenvalue weighted by Gasteiger charge is -2.31. The van der Waals surface area contributed by atoms with Crippen LogP contribution in [-0.2, 0) is 5.41 Å². The predicted molar refractivity (Wildman–Crippen MR) is 174 cm³/mol. The Bertz CT molecular complexity index is 2260. The topological polar surface area (TPSA) is 36.7 Å². The first kappa shape index (κ1) is 23.9. The van der Waals surface area contributed by atoms with E-state index in [4.69, 9.17) is 0 Å². The molecule has 2 aliphatic rings. The van der Waals surface area contributed by atoms with Crippen LogP contribution in [0.15, 0.2) is 146 Å². The van der Waals surface area contributed by atoms with Gasteiger partial charge in [0.05, 0.1) is 5.41 Å². The zero-order valence-corrected chi connectivity index (χ0v) is 23.3. The number of benzene rings is 6. The van der Waals surface area contributed by atoms with Crippen molar-refractivity contribution in [2.45, 2.75) is 5.41 Å². The van der Waals surface area contributed by atoms with Crippen molar-refractivity contribution in [3.05, 3.63) is 174 Å². The second kappa shape index (κ2) is 8.86. The molecule has 2 aliphatic carbocycles. The normalized spacial score (nSPS) is 13.3. The maximum atomic E-state index is 9.69. The van der Waals surface area contributed by atoms with Crippen LogP contribution in [0.25, 0.3) is 55.3 Å². The van der Waals surface area contributed by atoms with Gasteiger partial charge in [-0.1, -0.05) is 115 Å². The van der Waals surface area contributed by atoms with Gasteiger partial charge in [-0.25, -0.2) is 4.98 Å². The summed E-state index contributed by atoms with van der Waals surface area (Å²) in [5.41, 5.74) is 14.8. The molecular formula is C41H24N2. The fraction of sp³-hybridized carbons (Fsp3) is 0.0244. The van der Waals surface area contributed by atoms with Gasteiger partial charge in [0.25, 0.3) is 0 Å². The Kier molecular flexibility index (Phi) is 4.92. The van der Waals surface area contributed by atoms with E-state index < -0.39 is 5.41 Å². The highest BCUT2D eigenvalue weighted by atomic mass is 14.7. The molecule has 0 bridgehead atoms. The molecule has 198 valence electrons. The third kappa shape index (κ3) is 3.14. The van der Waals surface area contributed by atoms with Gasteiger partial charge in [-0.2, -0.15) is 5.26 Å². The molecule has 2 heteroatoms. The van der Waals surface area contributed by atoms with Gasteiger partial charge in [-0.05, 0) is 102 Å². The molecule has 1 spiro atoms. The Balaban J connectivity index is 1.47. The smallest absolute Gasteiger partial charge is 0.141 e. The molecule has 0 saturated heterocycles. The minimum atomic E-state index is -0.480. The van der Waals surface area contributed by atoms with Crippen LogP contribution in [0.3, 0.4) is 0 Å². The monoisotopic (exact) mass is 544 g/mol. The van der Waals surface area contributed by atoms with Gasteiger partial charge < -0.3 is 0 Å². The fourth-order valence-corrected chi connectivity index (χ4v) is 7.70. The molecule has 0 saturated carbocycles. The van der Waals surface area contributed by atoms with Crippen molar-refractivity contribution in [3.63, 3.8) is 0 Å². The molecule has 0 atom stereocenters. The largest absolute Gasteiger partial charge is 0.246 e. The van der Waals surface area contributed by atoms with Gasteiger partial charge in [0.1, 0.15) is 11.8 Å². The third-order valence-electron chi connectivity index (χ3n) is 9.39. The van der Waals surface area contributed by atoms with Crippen molar-refractivity contribution in [3.8, 4) is 50.6 Å². The SMILES string of the molecule is N#Cc1cc(-c2cc3c(c4ccccc24)-c2ccc(-c4ccccc4)cc2C32c3ccccc3-c3ccccc32)ccn1. The first-order chi connectivity index (χ1) is 21.3. The lowest BCUT2D eigenvalue weighted by atomic mass is 9.69. The summed E-state index contributed by atoms with van der Waals surface area (Å²) >= 11 is 0. The van der Waals surface area contributed by atoms with Crippen molar-refractivity contribution < 1.29 is 0 Å². The second-order valence-corrected chi connectivity index (χ2v) is 11.4. The highest BCUT2D eigenvalue weighted by molar-refractivity contribution is 6.11. The Hall–Kier alpha value is -5.78. The summed E-state index contributed by atoms with van der Waals surface area (Å²) in [7, 11) is 0. The van der Waals surface area contributed by atoms with Crippen molar-refractivity contribution in [1.82, 2.24) is 4.98 Å². The number of pyridine rings is 1. The van der Waals surface area contributed by atoms with Crippen molar-refractivity contribution in [1.29, 1.82) is 5.26 Å². The van der Waals surface area contributed by atoms with Gasteiger partial charge >= 0.3 is 0 Å². The number of hydrogen-bond acceptors (Lipinski definition) is 2. The molecule has 0 N–H and O–H groups in total. The maximum Gasteiger partial charge on any atom is 0.141 e. The van der Waals surface area contributed by atoms with E-state index in [0.717, 1.165) is 11.1 Å². The molecule has 7 aromatic rings. The van der Waals surface area contributed by atoms with E-state index >= 15 is 0 Å².